The zero-order valence-corrected chi connectivity index (χ0v) is 13.0. The molecule has 23 heavy (non-hydrogen) atoms. The van der Waals surface area contributed by atoms with Gasteiger partial charge >= 0.3 is 0 Å². The van der Waals surface area contributed by atoms with E-state index in [2.05, 4.69) is 25.1 Å². The summed E-state index contributed by atoms with van der Waals surface area (Å²) in [5, 5.41) is 8.04. The van der Waals surface area contributed by atoms with E-state index in [-0.39, 0.29) is 5.96 Å². The molecule has 0 bridgehead atoms. The Kier molecular flexibility index (Phi) is 4.11. The van der Waals surface area contributed by atoms with Crippen molar-refractivity contribution in [1.82, 2.24) is 0 Å². The number of aryl methyl sites for hydroxylation is 1. The van der Waals surface area contributed by atoms with Crippen molar-refractivity contribution in [1.29, 1.82) is 5.41 Å². The van der Waals surface area contributed by atoms with Gasteiger partial charge in [0.25, 0.3) is 0 Å². The molecular formula is C20H19N3. The molecule has 3 heteroatoms. The fraction of sp³-hybridized carbons (Fsp3) is 0.0500. The number of anilines is 2. The molecule has 0 fully saturated rings. The standard InChI is InChI=1S/C20H19N3/c1-15-9-5-6-12-17(15)18-13-7-8-14-19(18)23(20(21)22)16-10-3-2-4-11-16/h2-14H,1H3,(H3,21,22). The first-order chi connectivity index (χ1) is 11.2. The lowest BCUT2D eigenvalue weighted by Gasteiger charge is -2.26. The molecule has 3 aromatic carbocycles. The molecule has 3 N–H and O–H groups in total. The highest BCUT2D eigenvalue weighted by molar-refractivity contribution is 6.03. The maximum Gasteiger partial charge on any atom is 0.197 e. The first-order valence-corrected chi connectivity index (χ1v) is 7.52. The molecule has 0 aromatic heterocycles. The predicted molar refractivity (Wildman–Crippen MR) is 97.1 cm³/mol. The van der Waals surface area contributed by atoms with E-state index in [1.54, 1.807) is 4.90 Å². The van der Waals surface area contributed by atoms with Crippen LogP contribution in [0.3, 0.4) is 0 Å². The van der Waals surface area contributed by atoms with Crippen LogP contribution < -0.4 is 10.6 Å². The van der Waals surface area contributed by atoms with Crippen molar-refractivity contribution in [2.45, 2.75) is 6.92 Å². The molecule has 0 radical (unpaired) electrons. The Balaban J connectivity index is 2.20. The summed E-state index contributed by atoms with van der Waals surface area (Å²) >= 11 is 0. The van der Waals surface area contributed by atoms with Gasteiger partial charge in [0.2, 0.25) is 0 Å². The second-order valence-corrected chi connectivity index (χ2v) is 5.39. The molecule has 3 rings (SSSR count). The Morgan fingerprint density at radius 1 is 0.783 bits per heavy atom. The highest BCUT2D eigenvalue weighted by Gasteiger charge is 2.17. The number of guanidine groups is 1. The molecule has 0 amide bonds. The van der Waals surface area contributed by atoms with Crippen molar-refractivity contribution >= 4 is 17.3 Å². The van der Waals surface area contributed by atoms with E-state index in [0.717, 1.165) is 22.5 Å². The summed E-state index contributed by atoms with van der Waals surface area (Å²) in [6, 6.07) is 26.0. The number of hydrogen-bond acceptors (Lipinski definition) is 1. The average molecular weight is 301 g/mol. The van der Waals surface area contributed by atoms with Crippen LogP contribution in [0.1, 0.15) is 5.56 Å². The zero-order chi connectivity index (χ0) is 16.2. The zero-order valence-electron chi connectivity index (χ0n) is 13.0. The summed E-state index contributed by atoms with van der Waals surface area (Å²) in [4.78, 5) is 1.77. The average Bonchev–Trinajstić information content (AvgIpc) is 2.57. The third kappa shape index (κ3) is 2.94. The Bertz CT molecular complexity index is 825. The molecule has 0 saturated heterocycles. The SMILES string of the molecule is Cc1ccccc1-c1ccccc1N(C(=N)N)c1ccccc1. The minimum absolute atomic E-state index is 0.00256. The van der Waals surface area contributed by atoms with Gasteiger partial charge in [-0.3, -0.25) is 10.3 Å². The number of para-hydroxylation sites is 2. The van der Waals surface area contributed by atoms with E-state index in [1.807, 2.05) is 60.7 Å². The lowest BCUT2D eigenvalue weighted by molar-refractivity contribution is 1.25. The van der Waals surface area contributed by atoms with Crippen molar-refractivity contribution in [2.24, 2.45) is 5.73 Å². The second kappa shape index (κ2) is 6.36. The number of hydrogen-bond donors (Lipinski definition) is 2. The predicted octanol–water partition coefficient (Wildman–Crippen LogP) is 4.69. The quantitative estimate of drug-likeness (QED) is 0.544. The molecule has 3 nitrogen and oxygen atoms in total. The van der Waals surface area contributed by atoms with Gasteiger partial charge in [0.15, 0.2) is 5.96 Å². The van der Waals surface area contributed by atoms with Crippen LogP contribution in [0.4, 0.5) is 11.4 Å². The summed E-state index contributed by atoms with van der Waals surface area (Å²) < 4.78 is 0. The number of rotatable bonds is 3. The van der Waals surface area contributed by atoms with Gasteiger partial charge in [-0.2, -0.15) is 0 Å². The van der Waals surface area contributed by atoms with Gasteiger partial charge in [0.1, 0.15) is 0 Å². The molecule has 0 heterocycles. The molecule has 114 valence electrons. The van der Waals surface area contributed by atoms with Crippen molar-refractivity contribution in [3.8, 4) is 11.1 Å². The fourth-order valence-electron chi connectivity index (χ4n) is 2.76. The highest BCUT2D eigenvalue weighted by atomic mass is 15.2. The molecule has 0 aliphatic rings. The van der Waals surface area contributed by atoms with Crippen molar-refractivity contribution < 1.29 is 0 Å². The van der Waals surface area contributed by atoms with Crippen LogP contribution in [0.5, 0.6) is 0 Å². The van der Waals surface area contributed by atoms with Crippen LogP contribution in [-0.2, 0) is 0 Å². The number of benzene rings is 3. The summed E-state index contributed by atoms with van der Waals surface area (Å²) in [6.07, 6.45) is 0. The number of nitrogens with two attached hydrogens (primary N) is 1. The van der Waals surface area contributed by atoms with Crippen molar-refractivity contribution in [3.05, 3.63) is 84.4 Å². The third-order valence-electron chi connectivity index (χ3n) is 3.84. The molecule has 0 aliphatic heterocycles. The Morgan fingerprint density at radius 2 is 1.35 bits per heavy atom. The maximum absolute atomic E-state index is 8.04. The summed E-state index contributed by atoms with van der Waals surface area (Å²) in [5.41, 5.74) is 11.1. The van der Waals surface area contributed by atoms with Crippen molar-refractivity contribution in [3.63, 3.8) is 0 Å². The van der Waals surface area contributed by atoms with Gasteiger partial charge in [-0.05, 0) is 36.2 Å². The molecule has 0 atom stereocenters. The van der Waals surface area contributed by atoms with E-state index in [9.17, 15) is 0 Å². The first kappa shape index (κ1) is 14.9. The second-order valence-electron chi connectivity index (χ2n) is 5.39. The van der Waals surface area contributed by atoms with Gasteiger partial charge < -0.3 is 5.73 Å². The normalized spacial score (nSPS) is 10.3. The lowest BCUT2D eigenvalue weighted by atomic mass is 9.98. The van der Waals surface area contributed by atoms with E-state index in [0.29, 0.717) is 0 Å². The van der Waals surface area contributed by atoms with E-state index in [1.165, 1.54) is 5.56 Å². The van der Waals surface area contributed by atoms with Gasteiger partial charge in [0.05, 0.1) is 5.69 Å². The highest BCUT2D eigenvalue weighted by Crippen LogP contribution is 2.36. The van der Waals surface area contributed by atoms with E-state index >= 15 is 0 Å². The fourth-order valence-corrected chi connectivity index (χ4v) is 2.76. The van der Waals surface area contributed by atoms with Crippen molar-refractivity contribution in [2.75, 3.05) is 4.90 Å². The van der Waals surface area contributed by atoms with Gasteiger partial charge in [-0.25, -0.2) is 0 Å². The molecular weight excluding hydrogens is 282 g/mol. The molecule has 3 aromatic rings. The molecule has 0 saturated carbocycles. The molecule has 0 unspecified atom stereocenters. The lowest BCUT2D eigenvalue weighted by Crippen LogP contribution is -2.32. The van der Waals surface area contributed by atoms with E-state index < -0.39 is 0 Å². The van der Waals surface area contributed by atoms with Gasteiger partial charge in [0, 0.05) is 11.3 Å². The summed E-state index contributed by atoms with van der Waals surface area (Å²) in [7, 11) is 0. The minimum atomic E-state index is -0.00256. The Hall–Kier alpha value is -3.07. The minimum Gasteiger partial charge on any atom is -0.369 e. The van der Waals surface area contributed by atoms with Gasteiger partial charge in [-0.15, -0.1) is 0 Å². The Morgan fingerprint density at radius 3 is 2.00 bits per heavy atom. The molecule has 0 aliphatic carbocycles. The van der Waals surface area contributed by atoms with Crippen LogP contribution in [0.25, 0.3) is 11.1 Å². The van der Waals surface area contributed by atoms with Crippen LogP contribution >= 0.6 is 0 Å². The monoisotopic (exact) mass is 301 g/mol. The van der Waals surface area contributed by atoms with Crippen LogP contribution in [0, 0.1) is 12.3 Å². The summed E-state index contributed by atoms with van der Waals surface area (Å²) in [6.45, 7) is 2.09. The third-order valence-corrected chi connectivity index (χ3v) is 3.84. The van der Waals surface area contributed by atoms with Crippen LogP contribution in [0.15, 0.2) is 78.9 Å². The van der Waals surface area contributed by atoms with Crippen LogP contribution in [0.2, 0.25) is 0 Å². The maximum atomic E-state index is 8.04. The molecule has 0 spiro atoms. The van der Waals surface area contributed by atoms with E-state index in [4.69, 9.17) is 11.1 Å². The summed E-state index contributed by atoms with van der Waals surface area (Å²) in [5.74, 6) is -0.00256. The van der Waals surface area contributed by atoms with Gasteiger partial charge in [-0.1, -0.05) is 60.7 Å². The topological polar surface area (TPSA) is 53.1 Å². The smallest absolute Gasteiger partial charge is 0.197 e. The Labute approximate surface area is 136 Å². The van der Waals surface area contributed by atoms with Crippen LogP contribution in [-0.4, -0.2) is 5.96 Å². The first-order valence-electron chi connectivity index (χ1n) is 7.52. The number of nitrogens with one attached hydrogen (secondary N) is 1. The largest absolute Gasteiger partial charge is 0.369 e. The number of nitrogens with zero attached hydrogens (tertiary/aromatic N) is 1.